The summed E-state index contributed by atoms with van der Waals surface area (Å²) in [5.41, 5.74) is 6.48. The summed E-state index contributed by atoms with van der Waals surface area (Å²) in [6.45, 7) is 0.844. The normalized spacial score (nSPS) is 10.8. The van der Waals surface area contributed by atoms with E-state index in [1.54, 1.807) is 16.8 Å². The maximum atomic E-state index is 11.6. The third-order valence-electron chi connectivity index (χ3n) is 2.35. The van der Waals surface area contributed by atoms with Crippen molar-refractivity contribution in [2.45, 2.75) is 6.54 Å². The molecule has 0 spiro atoms. The first-order valence-corrected chi connectivity index (χ1v) is 5.35. The van der Waals surface area contributed by atoms with E-state index in [0.29, 0.717) is 24.4 Å². The molecule has 0 aromatic carbocycles. The van der Waals surface area contributed by atoms with Gasteiger partial charge >= 0.3 is 5.97 Å². The van der Waals surface area contributed by atoms with Gasteiger partial charge < -0.3 is 15.0 Å². The smallest absolute Gasteiger partial charge is 0.354 e. The SMILES string of the molecule is COC(=O)c1cc2cnc(Cl)nc2n1CCN. The van der Waals surface area contributed by atoms with Crippen molar-refractivity contribution in [3.63, 3.8) is 0 Å². The number of fused-ring (bicyclic) bond motifs is 1. The number of hydrogen-bond donors (Lipinski definition) is 1. The molecule has 0 radical (unpaired) electrons. The number of ether oxygens (including phenoxy) is 1. The quantitative estimate of drug-likeness (QED) is 0.648. The Balaban J connectivity index is 2.66. The van der Waals surface area contributed by atoms with Gasteiger partial charge in [-0.25, -0.2) is 9.78 Å². The highest BCUT2D eigenvalue weighted by Gasteiger charge is 2.16. The Hall–Kier alpha value is -1.66. The van der Waals surface area contributed by atoms with Crippen LogP contribution in [0.1, 0.15) is 10.5 Å². The maximum Gasteiger partial charge on any atom is 0.354 e. The van der Waals surface area contributed by atoms with E-state index in [9.17, 15) is 4.79 Å². The molecular weight excluding hydrogens is 244 g/mol. The van der Waals surface area contributed by atoms with Crippen LogP contribution in [0.15, 0.2) is 12.3 Å². The standard InChI is InChI=1S/C10H11ClN4O2/c1-17-9(16)7-4-6-5-13-10(11)14-8(6)15(7)3-2-12/h4-5H,2-3,12H2,1H3. The minimum atomic E-state index is -0.437. The average molecular weight is 255 g/mol. The number of carbonyl (C=O) groups is 1. The highest BCUT2D eigenvalue weighted by Crippen LogP contribution is 2.19. The van der Waals surface area contributed by atoms with Crippen molar-refractivity contribution in [2.24, 2.45) is 5.73 Å². The van der Waals surface area contributed by atoms with E-state index in [1.165, 1.54) is 7.11 Å². The second-order valence-corrected chi connectivity index (χ2v) is 3.72. The molecule has 0 atom stereocenters. The molecule has 2 aromatic rings. The van der Waals surface area contributed by atoms with E-state index < -0.39 is 5.97 Å². The van der Waals surface area contributed by atoms with Gasteiger partial charge in [-0.2, -0.15) is 4.98 Å². The third kappa shape index (κ3) is 2.09. The largest absolute Gasteiger partial charge is 0.464 e. The van der Waals surface area contributed by atoms with Gasteiger partial charge in [0.15, 0.2) is 0 Å². The van der Waals surface area contributed by atoms with Crippen molar-refractivity contribution in [1.82, 2.24) is 14.5 Å². The van der Waals surface area contributed by atoms with E-state index in [-0.39, 0.29) is 5.28 Å². The summed E-state index contributed by atoms with van der Waals surface area (Å²) < 4.78 is 6.38. The first-order chi connectivity index (χ1) is 8.17. The molecule has 0 unspecified atom stereocenters. The zero-order chi connectivity index (χ0) is 12.4. The monoisotopic (exact) mass is 254 g/mol. The van der Waals surface area contributed by atoms with Crippen LogP contribution in [0.4, 0.5) is 0 Å². The molecule has 6 nitrogen and oxygen atoms in total. The number of nitrogens with two attached hydrogens (primary N) is 1. The molecule has 0 aliphatic carbocycles. The first kappa shape index (κ1) is 11.8. The summed E-state index contributed by atoms with van der Waals surface area (Å²) in [7, 11) is 1.32. The van der Waals surface area contributed by atoms with Crippen molar-refractivity contribution in [3.8, 4) is 0 Å². The summed E-state index contributed by atoms with van der Waals surface area (Å²) >= 11 is 5.73. The average Bonchev–Trinajstić information content (AvgIpc) is 2.67. The molecule has 0 aliphatic rings. The summed E-state index contributed by atoms with van der Waals surface area (Å²) in [6, 6.07) is 1.66. The topological polar surface area (TPSA) is 83.0 Å². The molecule has 17 heavy (non-hydrogen) atoms. The van der Waals surface area contributed by atoms with Crippen LogP contribution in [-0.4, -0.2) is 34.2 Å². The summed E-state index contributed by atoms with van der Waals surface area (Å²) in [5.74, 6) is -0.437. The Morgan fingerprint density at radius 1 is 1.65 bits per heavy atom. The van der Waals surface area contributed by atoms with Crippen molar-refractivity contribution in [1.29, 1.82) is 0 Å². The van der Waals surface area contributed by atoms with Crippen LogP contribution in [0.5, 0.6) is 0 Å². The van der Waals surface area contributed by atoms with Gasteiger partial charge in [0.05, 0.1) is 7.11 Å². The molecule has 0 saturated heterocycles. The molecule has 0 saturated carbocycles. The predicted molar refractivity (Wildman–Crippen MR) is 62.9 cm³/mol. The van der Waals surface area contributed by atoms with E-state index in [0.717, 1.165) is 5.39 Å². The Bertz CT molecular complexity index is 567. The molecule has 2 heterocycles. The fraction of sp³-hybridized carbons (Fsp3) is 0.300. The Labute approximate surface area is 102 Å². The number of methoxy groups -OCH3 is 1. The van der Waals surface area contributed by atoms with Gasteiger partial charge in [0, 0.05) is 24.7 Å². The Morgan fingerprint density at radius 2 is 2.41 bits per heavy atom. The fourth-order valence-corrected chi connectivity index (χ4v) is 1.78. The third-order valence-corrected chi connectivity index (χ3v) is 2.53. The second-order valence-electron chi connectivity index (χ2n) is 3.38. The Kier molecular flexibility index (Phi) is 3.26. The highest BCUT2D eigenvalue weighted by molar-refractivity contribution is 6.28. The van der Waals surface area contributed by atoms with Crippen LogP contribution >= 0.6 is 11.6 Å². The van der Waals surface area contributed by atoms with Crippen LogP contribution < -0.4 is 5.73 Å². The van der Waals surface area contributed by atoms with Crippen LogP contribution in [0.3, 0.4) is 0 Å². The summed E-state index contributed by atoms with van der Waals surface area (Å²) in [5, 5.41) is 0.855. The minimum Gasteiger partial charge on any atom is -0.464 e. The lowest BCUT2D eigenvalue weighted by atomic mass is 10.4. The van der Waals surface area contributed by atoms with Crippen LogP contribution in [0.2, 0.25) is 5.28 Å². The molecule has 7 heteroatoms. The summed E-state index contributed by atoms with van der Waals surface area (Å²) in [6.07, 6.45) is 1.56. The van der Waals surface area contributed by atoms with Gasteiger partial charge in [-0.15, -0.1) is 0 Å². The fourth-order valence-electron chi connectivity index (χ4n) is 1.65. The zero-order valence-corrected chi connectivity index (χ0v) is 9.94. The van der Waals surface area contributed by atoms with Crippen molar-refractivity contribution < 1.29 is 9.53 Å². The van der Waals surface area contributed by atoms with Gasteiger partial charge in [0.2, 0.25) is 5.28 Å². The van der Waals surface area contributed by atoms with E-state index in [4.69, 9.17) is 22.1 Å². The number of halogens is 1. The minimum absolute atomic E-state index is 0.130. The van der Waals surface area contributed by atoms with Crippen molar-refractivity contribution >= 4 is 28.6 Å². The van der Waals surface area contributed by atoms with Gasteiger partial charge in [0.25, 0.3) is 0 Å². The lowest BCUT2D eigenvalue weighted by molar-refractivity contribution is 0.0589. The lowest BCUT2D eigenvalue weighted by Crippen LogP contribution is -2.16. The zero-order valence-electron chi connectivity index (χ0n) is 9.18. The van der Waals surface area contributed by atoms with E-state index >= 15 is 0 Å². The van der Waals surface area contributed by atoms with Gasteiger partial charge in [0.1, 0.15) is 11.3 Å². The maximum absolute atomic E-state index is 11.6. The van der Waals surface area contributed by atoms with Crippen LogP contribution in [-0.2, 0) is 11.3 Å². The molecule has 2 rings (SSSR count). The van der Waals surface area contributed by atoms with E-state index in [2.05, 4.69) is 9.97 Å². The number of carbonyl (C=O) groups excluding carboxylic acids is 1. The van der Waals surface area contributed by atoms with Gasteiger partial charge in [-0.1, -0.05) is 0 Å². The first-order valence-electron chi connectivity index (χ1n) is 4.97. The summed E-state index contributed by atoms with van der Waals surface area (Å²) in [4.78, 5) is 19.5. The number of hydrogen-bond acceptors (Lipinski definition) is 5. The number of esters is 1. The lowest BCUT2D eigenvalue weighted by Gasteiger charge is -2.06. The second kappa shape index (κ2) is 4.68. The molecule has 0 bridgehead atoms. The Morgan fingerprint density at radius 3 is 3.06 bits per heavy atom. The molecule has 0 aliphatic heterocycles. The molecule has 2 N–H and O–H groups in total. The molecule has 90 valence electrons. The van der Waals surface area contributed by atoms with Crippen LogP contribution in [0.25, 0.3) is 11.0 Å². The molecule has 2 aromatic heterocycles. The van der Waals surface area contributed by atoms with Crippen LogP contribution in [0, 0.1) is 0 Å². The van der Waals surface area contributed by atoms with Crippen molar-refractivity contribution in [3.05, 3.63) is 23.2 Å². The number of rotatable bonds is 3. The molecule has 0 amide bonds. The van der Waals surface area contributed by atoms with Gasteiger partial charge in [-0.3, -0.25) is 0 Å². The van der Waals surface area contributed by atoms with Gasteiger partial charge in [-0.05, 0) is 17.7 Å². The number of nitrogens with zero attached hydrogens (tertiary/aromatic N) is 3. The van der Waals surface area contributed by atoms with E-state index in [1.807, 2.05) is 0 Å². The predicted octanol–water partition coefficient (Wildman–Crippen LogP) is 0.830. The molecule has 0 fully saturated rings. The van der Waals surface area contributed by atoms with Crippen molar-refractivity contribution in [2.75, 3.05) is 13.7 Å². The molecular formula is C10H11ClN4O2. The highest BCUT2D eigenvalue weighted by atomic mass is 35.5. The number of aromatic nitrogens is 3.